The number of hydrogen-bond acceptors (Lipinski definition) is 10. The highest BCUT2D eigenvalue weighted by molar-refractivity contribution is 6.19. The van der Waals surface area contributed by atoms with Crippen molar-refractivity contribution in [3.05, 3.63) is 83.0 Å². The number of allylic oxidation sites excluding steroid dienone is 1. The first-order valence-corrected chi connectivity index (χ1v) is 17.7. The number of benzene rings is 2. The van der Waals surface area contributed by atoms with Gasteiger partial charge in [-0.2, -0.15) is 4.99 Å². The van der Waals surface area contributed by atoms with E-state index in [1.165, 1.54) is 18.3 Å². The number of ether oxygens (including phenoxy) is 1. The lowest BCUT2D eigenvalue weighted by Crippen LogP contribution is -2.55. The van der Waals surface area contributed by atoms with Crippen LogP contribution in [-0.4, -0.2) is 94.0 Å². The lowest BCUT2D eigenvalue weighted by Gasteiger charge is -2.45. The number of hydrogen-bond donors (Lipinski definition) is 3. The Morgan fingerprint density at radius 2 is 1.76 bits per heavy atom. The van der Waals surface area contributed by atoms with Gasteiger partial charge in [-0.25, -0.2) is 8.78 Å². The normalized spacial score (nSPS) is 22.8. The number of carbonyl (C=O) groups is 1. The zero-order chi connectivity index (χ0) is 35.6. The average molecular weight is 698 g/mol. The van der Waals surface area contributed by atoms with Crippen LogP contribution in [0.3, 0.4) is 0 Å². The van der Waals surface area contributed by atoms with Gasteiger partial charge in [0.1, 0.15) is 11.6 Å². The molecule has 4 aliphatic rings. The smallest absolute Gasteiger partial charge is 0.280 e. The standard InChI is InChI=1S/C38H45F2N9O2/c1-24-5-4-12-51-37(42-3)32(19-41)34-14-27(13-25(2)43-34)36(50)45-38-44-33-7-6-30(18-35(33)49(38)20-24)47-10-8-46(9-11-47)21-26-22-48(23-26)31-16-28(39)15-29(40)17-31/h6-7,13-19,24,26,41-42H,4-5,8-12,20-23H2,1-3H3,(H,44,45,50)/b37-32-,41-19?. The number of aromatic nitrogens is 1. The third-order valence-electron chi connectivity index (χ3n) is 10.1. The van der Waals surface area contributed by atoms with E-state index < -0.39 is 17.5 Å². The number of guanidine groups is 1. The maximum Gasteiger partial charge on any atom is 0.280 e. The van der Waals surface area contributed by atoms with Crippen molar-refractivity contribution in [1.82, 2.24) is 15.2 Å². The number of aliphatic imine (C=N–C) groups is 1. The molecule has 4 aliphatic heterocycles. The van der Waals surface area contributed by atoms with Gasteiger partial charge in [0.2, 0.25) is 5.96 Å². The Kier molecular flexibility index (Phi) is 9.90. The highest BCUT2D eigenvalue weighted by Crippen LogP contribution is 2.37. The van der Waals surface area contributed by atoms with Crippen molar-refractivity contribution >= 4 is 46.4 Å². The molecule has 3 N–H and O–H groups in total. The molecule has 3 aromatic rings. The molecule has 7 rings (SSSR count). The Balaban J connectivity index is 1.05. The number of aryl methyl sites for hydroxylation is 1. The monoisotopic (exact) mass is 697 g/mol. The van der Waals surface area contributed by atoms with Crippen LogP contribution in [0.4, 0.5) is 31.5 Å². The maximum atomic E-state index is 13.7. The van der Waals surface area contributed by atoms with E-state index in [2.05, 4.69) is 60.4 Å². The van der Waals surface area contributed by atoms with Crippen molar-refractivity contribution in [3.8, 4) is 0 Å². The van der Waals surface area contributed by atoms with E-state index in [4.69, 9.17) is 10.1 Å². The number of anilines is 4. The van der Waals surface area contributed by atoms with Gasteiger partial charge in [0.15, 0.2) is 5.88 Å². The third-order valence-corrected chi connectivity index (χ3v) is 10.1. The molecule has 1 amide bonds. The molecule has 51 heavy (non-hydrogen) atoms. The van der Waals surface area contributed by atoms with Crippen LogP contribution in [0.2, 0.25) is 0 Å². The van der Waals surface area contributed by atoms with E-state index >= 15 is 0 Å². The van der Waals surface area contributed by atoms with Crippen LogP contribution in [0.25, 0.3) is 5.57 Å². The molecule has 2 fully saturated rings. The summed E-state index contributed by atoms with van der Waals surface area (Å²) in [5.41, 5.74) is 5.61. The van der Waals surface area contributed by atoms with Gasteiger partial charge in [0.25, 0.3) is 5.91 Å². The third kappa shape index (κ3) is 7.53. The van der Waals surface area contributed by atoms with E-state index in [-0.39, 0.29) is 5.92 Å². The predicted molar refractivity (Wildman–Crippen MR) is 198 cm³/mol. The molecule has 2 saturated heterocycles. The number of amides is 1. The Hall–Kier alpha value is -5.04. The minimum atomic E-state index is -0.541. The number of piperazine rings is 1. The number of pyridine rings is 1. The summed E-state index contributed by atoms with van der Waals surface area (Å²) >= 11 is 0. The molecule has 2 aromatic carbocycles. The minimum Gasteiger partial charge on any atom is -0.479 e. The Morgan fingerprint density at radius 3 is 2.49 bits per heavy atom. The van der Waals surface area contributed by atoms with Crippen LogP contribution in [0, 0.1) is 35.8 Å². The average Bonchev–Trinajstić information content (AvgIpc) is 3.42. The summed E-state index contributed by atoms with van der Waals surface area (Å²) in [6.45, 7) is 11.4. The van der Waals surface area contributed by atoms with Crippen molar-refractivity contribution in [2.45, 2.75) is 26.7 Å². The molecule has 1 unspecified atom stereocenters. The molecule has 5 heterocycles. The first-order chi connectivity index (χ1) is 24.7. The quantitative estimate of drug-likeness (QED) is 0.294. The molecule has 0 radical (unpaired) electrons. The van der Waals surface area contributed by atoms with Gasteiger partial charge in [-0.1, -0.05) is 6.92 Å². The topological polar surface area (TPSA) is 112 Å². The molecule has 13 heteroatoms. The van der Waals surface area contributed by atoms with Crippen molar-refractivity contribution in [2.24, 2.45) is 16.8 Å². The van der Waals surface area contributed by atoms with Crippen LogP contribution in [-0.2, 0) is 4.74 Å². The van der Waals surface area contributed by atoms with Crippen LogP contribution in [0.15, 0.2) is 59.4 Å². The van der Waals surface area contributed by atoms with Crippen molar-refractivity contribution in [1.29, 1.82) is 5.41 Å². The van der Waals surface area contributed by atoms with Gasteiger partial charge in [0, 0.05) is 100 Å². The zero-order valence-corrected chi connectivity index (χ0v) is 29.4. The van der Waals surface area contributed by atoms with Crippen LogP contribution < -0.4 is 25.3 Å². The molecular formula is C38H45F2N9O2. The van der Waals surface area contributed by atoms with Crippen molar-refractivity contribution in [3.63, 3.8) is 0 Å². The SMILES string of the molecule is CN/C1=C(\C=N)c2cc(cc(C)n2)C(=O)/N=C2\Nc3ccc(N4CCN(CC5CN(c6cc(F)cc(F)c6)C5)CC4)cc3N2CC(C)CCCO1. The van der Waals surface area contributed by atoms with E-state index in [1.807, 2.05) is 11.8 Å². The summed E-state index contributed by atoms with van der Waals surface area (Å²) in [6, 6.07) is 13.5. The van der Waals surface area contributed by atoms with Crippen LogP contribution in [0.1, 0.15) is 41.5 Å². The highest BCUT2D eigenvalue weighted by atomic mass is 19.1. The number of nitrogens with one attached hydrogen (secondary N) is 3. The fourth-order valence-electron chi connectivity index (χ4n) is 7.43. The van der Waals surface area contributed by atoms with Gasteiger partial charge in [-0.3, -0.25) is 14.7 Å². The fraction of sp³-hybridized carbons (Fsp3) is 0.421. The number of halogens is 2. The second-order valence-corrected chi connectivity index (χ2v) is 14.0. The van der Waals surface area contributed by atoms with Gasteiger partial charge in [-0.05, 0) is 68.1 Å². The summed E-state index contributed by atoms with van der Waals surface area (Å²) in [6.07, 6.45) is 2.91. The fourth-order valence-corrected chi connectivity index (χ4v) is 7.43. The Morgan fingerprint density at radius 1 is 1.00 bits per heavy atom. The zero-order valence-electron chi connectivity index (χ0n) is 29.4. The Labute approximate surface area is 297 Å². The lowest BCUT2D eigenvalue weighted by molar-refractivity contribution is 0.100. The molecule has 0 aliphatic carbocycles. The van der Waals surface area contributed by atoms with E-state index in [9.17, 15) is 13.6 Å². The number of rotatable bonds is 6. The van der Waals surface area contributed by atoms with Gasteiger partial charge in [0.05, 0.1) is 29.2 Å². The predicted octanol–water partition coefficient (Wildman–Crippen LogP) is 5.34. The minimum absolute atomic E-state index is 0.274. The first kappa shape index (κ1) is 34.4. The van der Waals surface area contributed by atoms with E-state index in [1.54, 1.807) is 19.2 Å². The number of fused-ring (bicyclic) bond motifs is 5. The van der Waals surface area contributed by atoms with Crippen molar-refractivity contribution < 1.29 is 18.3 Å². The molecular weight excluding hydrogens is 652 g/mol. The van der Waals surface area contributed by atoms with Crippen LogP contribution >= 0.6 is 0 Å². The molecule has 0 spiro atoms. The number of nitrogens with zero attached hydrogens (tertiary/aromatic N) is 6. The molecule has 11 nitrogen and oxygen atoms in total. The molecule has 1 aromatic heterocycles. The van der Waals surface area contributed by atoms with Crippen LogP contribution in [0.5, 0.6) is 0 Å². The largest absolute Gasteiger partial charge is 0.479 e. The van der Waals surface area contributed by atoms with Gasteiger partial charge in [-0.15, -0.1) is 0 Å². The summed E-state index contributed by atoms with van der Waals surface area (Å²) < 4.78 is 33.4. The molecule has 0 saturated carbocycles. The first-order valence-electron chi connectivity index (χ1n) is 17.7. The summed E-state index contributed by atoms with van der Waals surface area (Å²) in [4.78, 5) is 32.0. The lowest BCUT2D eigenvalue weighted by atomic mass is 9.98. The van der Waals surface area contributed by atoms with E-state index in [0.29, 0.717) is 59.1 Å². The van der Waals surface area contributed by atoms with E-state index in [0.717, 1.165) is 81.8 Å². The molecule has 1 atom stereocenters. The Bertz CT molecular complexity index is 1850. The summed E-state index contributed by atoms with van der Waals surface area (Å²) in [5.74, 6) is 0.220. The van der Waals surface area contributed by atoms with Crippen molar-refractivity contribution in [2.75, 3.05) is 86.0 Å². The molecule has 2 bridgehead atoms. The maximum absolute atomic E-state index is 13.7. The van der Waals surface area contributed by atoms with Gasteiger partial charge < -0.3 is 35.5 Å². The highest BCUT2D eigenvalue weighted by Gasteiger charge is 2.32. The second kappa shape index (κ2) is 14.7. The van der Waals surface area contributed by atoms with Gasteiger partial charge >= 0.3 is 0 Å². The summed E-state index contributed by atoms with van der Waals surface area (Å²) in [7, 11) is 1.75. The molecule has 268 valence electrons. The second-order valence-electron chi connectivity index (χ2n) is 14.0. The number of carbonyl (C=O) groups excluding carboxylic acids is 1. The summed E-state index contributed by atoms with van der Waals surface area (Å²) in [5, 5.41) is 14.5.